The van der Waals surface area contributed by atoms with Crippen LogP contribution in [0.5, 0.6) is 0 Å². The molecule has 0 aliphatic carbocycles. The Balaban J connectivity index is 1.58. The summed E-state index contributed by atoms with van der Waals surface area (Å²) in [6.07, 6.45) is 0. The summed E-state index contributed by atoms with van der Waals surface area (Å²) in [7, 11) is 0. The minimum Gasteiger partial charge on any atom is -0.338 e. The van der Waals surface area contributed by atoms with Gasteiger partial charge in [0.2, 0.25) is 0 Å². The van der Waals surface area contributed by atoms with Crippen molar-refractivity contribution in [3.05, 3.63) is 54.1 Å². The fourth-order valence-electron chi connectivity index (χ4n) is 2.91. The van der Waals surface area contributed by atoms with Gasteiger partial charge in [-0.05, 0) is 24.3 Å². The highest BCUT2D eigenvalue weighted by Crippen LogP contribution is 2.21. The van der Waals surface area contributed by atoms with Crippen LogP contribution in [0.15, 0.2) is 48.5 Å². The van der Waals surface area contributed by atoms with Gasteiger partial charge in [-0.15, -0.1) is 0 Å². The van der Waals surface area contributed by atoms with Crippen molar-refractivity contribution in [2.75, 3.05) is 26.2 Å². The molecule has 4 rings (SSSR count). The summed E-state index contributed by atoms with van der Waals surface area (Å²) in [5.74, 6) is 0.926. The molecule has 1 fully saturated rings. The van der Waals surface area contributed by atoms with Crippen LogP contribution in [-0.2, 0) is 0 Å². The summed E-state index contributed by atoms with van der Waals surface area (Å²) in [5.41, 5.74) is 3.68. The molecule has 2 N–H and O–H groups in total. The van der Waals surface area contributed by atoms with Crippen LogP contribution in [0, 0.1) is 0 Å². The Labute approximate surface area is 134 Å². The molecular weight excluding hydrogens is 288 g/mol. The predicted octanol–water partition coefficient (Wildman–Crippen LogP) is 2.28. The van der Waals surface area contributed by atoms with Crippen molar-refractivity contribution in [2.24, 2.45) is 0 Å². The van der Waals surface area contributed by atoms with Gasteiger partial charge in [0, 0.05) is 37.3 Å². The Kier molecular flexibility index (Phi) is 3.55. The number of aromatic amines is 1. The van der Waals surface area contributed by atoms with Gasteiger partial charge in [0.1, 0.15) is 5.82 Å². The van der Waals surface area contributed by atoms with Crippen LogP contribution in [0.4, 0.5) is 0 Å². The van der Waals surface area contributed by atoms with E-state index >= 15 is 0 Å². The molecule has 0 saturated carbocycles. The molecule has 1 amide bonds. The number of para-hydroxylation sites is 2. The fraction of sp³-hybridized carbons (Fsp3) is 0.222. The van der Waals surface area contributed by atoms with E-state index in [-0.39, 0.29) is 5.91 Å². The molecule has 1 aliphatic heterocycles. The summed E-state index contributed by atoms with van der Waals surface area (Å²) in [4.78, 5) is 22.3. The Hall–Kier alpha value is -2.66. The number of carbonyl (C=O) groups is 1. The first-order valence-electron chi connectivity index (χ1n) is 7.86. The number of nitrogens with zero attached hydrogens (tertiary/aromatic N) is 2. The van der Waals surface area contributed by atoms with Crippen LogP contribution in [0.3, 0.4) is 0 Å². The number of benzene rings is 2. The van der Waals surface area contributed by atoms with Crippen molar-refractivity contribution in [2.45, 2.75) is 0 Å². The van der Waals surface area contributed by atoms with Gasteiger partial charge in [0.25, 0.3) is 5.91 Å². The van der Waals surface area contributed by atoms with E-state index in [4.69, 9.17) is 0 Å². The van der Waals surface area contributed by atoms with Gasteiger partial charge in [-0.25, -0.2) is 4.98 Å². The normalized spacial score (nSPS) is 15.0. The van der Waals surface area contributed by atoms with Crippen LogP contribution in [0.25, 0.3) is 22.4 Å². The van der Waals surface area contributed by atoms with Gasteiger partial charge in [-0.1, -0.05) is 24.3 Å². The molecule has 0 atom stereocenters. The number of rotatable bonds is 2. The van der Waals surface area contributed by atoms with Crippen molar-refractivity contribution in [3.8, 4) is 11.4 Å². The maximum atomic E-state index is 12.5. The standard InChI is InChI=1S/C18H18N4O/c23-18(22-11-9-19-10-12-22)14-7-5-13(6-8-14)17-20-15-3-1-2-4-16(15)21-17/h1-8,19H,9-12H2,(H,20,21). The summed E-state index contributed by atoms with van der Waals surface area (Å²) in [6.45, 7) is 3.26. The van der Waals surface area contributed by atoms with E-state index in [1.807, 2.05) is 53.4 Å². The van der Waals surface area contributed by atoms with Crippen molar-refractivity contribution in [1.82, 2.24) is 20.2 Å². The van der Waals surface area contributed by atoms with Crippen molar-refractivity contribution >= 4 is 16.9 Å². The molecule has 0 radical (unpaired) electrons. The van der Waals surface area contributed by atoms with Crippen molar-refractivity contribution in [1.29, 1.82) is 0 Å². The van der Waals surface area contributed by atoms with E-state index in [1.54, 1.807) is 0 Å². The quantitative estimate of drug-likeness (QED) is 0.763. The smallest absolute Gasteiger partial charge is 0.253 e. The molecule has 0 spiro atoms. The number of hydrogen-bond acceptors (Lipinski definition) is 3. The predicted molar refractivity (Wildman–Crippen MR) is 90.3 cm³/mol. The van der Waals surface area contributed by atoms with Gasteiger partial charge in [0.15, 0.2) is 0 Å². The molecule has 0 bridgehead atoms. The average molecular weight is 306 g/mol. The van der Waals surface area contributed by atoms with Gasteiger partial charge in [-0.3, -0.25) is 4.79 Å². The van der Waals surface area contributed by atoms with Crippen LogP contribution in [-0.4, -0.2) is 47.0 Å². The van der Waals surface area contributed by atoms with E-state index in [0.717, 1.165) is 54.2 Å². The molecule has 1 aliphatic rings. The first kappa shape index (κ1) is 14.0. The lowest BCUT2D eigenvalue weighted by Gasteiger charge is -2.27. The lowest BCUT2D eigenvalue weighted by atomic mass is 10.1. The van der Waals surface area contributed by atoms with Gasteiger partial charge in [-0.2, -0.15) is 0 Å². The number of hydrogen-bond donors (Lipinski definition) is 2. The van der Waals surface area contributed by atoms with Crippen LogP contribution < -0.4 is 5.32 Å². The Morgan fingerprint density at radius 2 is 1.74 bits per heavy atom. The summed E-state index contributed by atoms with van der Waals surface area (Å²) < 4.78 is 0. The van der Waals surface area contributed by atoms with Crippen molar-refractivity contribution in [3.63, 3.8) is 0 Å². The highest BCUT2D eigenvalue weighted by molar-refractivity contribution is 5.94. The van der Waals surface area contributed by atoms with E-state index in [2.05, 4.69) is 15.3 Å². The second-order valence-corrected chi connectivity index (χ2v) is 5.72. The number of piperazine rings is 1. The SMILES string of the molecule is O=C(c1ccc(-c2nc3ccccc3[nH]2)cc1)N1CCNCC1. The summed E-state index contributed by atoms with van der Waals surface area (Å²) in [6, 6.07) is 15.6. The summed E-state index contributed by atoms with van der Waals surface area (Å²) >= 11 is 0. The molecule has 1 saturated heterocycles. The number of nitrogens with one attached hydrogen (secondary N) is 2. The molecular formula is C18H18N4O. The highest BCUT2D eigenvalue weighted by atomic mass is 16.2. The van der Waals surface area contributed by atoms with E-state index in [1.165, 1.54) is 0 Å². The molecule has 2 aromatic carbocycles. The number of amides is 1. The lowest BCUT2D eigenvalue weighted by Crippen LogP contribution is -2.46. The Bertz CT molecular complexity index is 799. The zero-order chi connectivity index (χ0) is 15.6. The van der Waals surface area contributed by atoms with Crippen LogP contribution in [0.1, 0.15) is 10.4 Å². The van der Waals surface area contributed by atoms with E-state index < -0.39 is 0 Å². The Morgan fingerprint density at radius 3 is 2.48 bits per heavy atom. The monoisotopic (exact) mass is 306 g/mol. The molecule has 23 heavy (non-hydrogen) atoms. The number of H-pyrrole nitrogens is 1. The van der Waals surface area contributed by atoms with Gasteiger partial charge in [0.05, 0.1) is 11.0 Å². The molecule has 5 heteroatoms. The third-order valence-electron chi connectivity index (χ3n) is 4.20. The zero-order valence-electron chi connectivity index (χ0n) is 12.7. The number of carbonyl (C=O) groups excluding carboxylic acids is 1. The second-order valence-electron chi connectivity index (χ2n) is 5.72. The minimum absolute atomic E-state index is 0.0997. The summed E-state index contributed by atoms with van der Waals surface area (Å²) in [5, 5.41) is 3.26. The lowest BCUT2D eigenvalue weighted by molar-refractivity contribution is 0.0736. The third kappa shape index (κ3) is 2.71. The van der Waals surface area contributed by atoms with Crippen LogP contribution >= 0.6 is 0 Å². The fourth-order valence-corrected chi connectivity index (χ4v) is 2.91. The molecule has 2 heterocycles. The topological polar surface area (TPSA) is 61.0 Å². The minimum atomic E-state index is 0.0997. The largest absolute Gasteiger partial charge is 0.338 e. The first-order chi connectivity index (χ1) is 11.3. The van der Waals surface area contributed by atoms with Crippen LogP contribution in [0.2, 0.25) is 0 Å². The highest BCUT2D eigenvalue weighted by Gasteiger charge is 2.17. The Morgan fingerprint density at radius 1 is 1.00 bits per heavy atom. The molecule has 116 valence electrons. The maximum Gasteiger partial charge on any atom is 0.253 e. The average Bonchev–Trinajstić information content (AvgIpc) is 3.06. The molecule has 0 unspecified atom stereocenters. The van der Waals surface area contributed by atoms with Gasteiger partial charge >= 0.3 is 0 Å². The molecule has 1 aromatic heterocycles. The number of fused-ring (bicyclic) bond motifs is 1. The third-order valence-corrected chi connectivity index (χ3v) is 4.20. The number of imidazole rings is 1. The van der Waals surface area contributed by atoms with E-state index in [9.17, 15) is 4.79 Å². The molecule has 3 aromatic rings. The van der Waals surface area contributed by atoms with Crippen molar-refractivity contribution < 1.29 is 4.79 Å². The second kappa shape index (κ2) is 5.85. The van der Waals surface area contributed by atoms with Gasteiger partial charge < -0.3 is 15.2 Å². The zero-order valence-corrected chi connectivity index (χ0v) is 12.7. The number of aromatic nitrogens is 2. The molecule has 5 nitrogen and oxygen atoms in total. The maximum absolute atomic E-state index is 12.5. The first-order valence-corrected chi connectivity index (χ1v) is 7.86. The van der Waals surface area contributed by atoms with E-state index in [0.29, 0.717) is 0 Å².